The number of benzene rings is 2. The van der Waals surface area contributed by atoms with Crippen molar-refractivity contribution >= 4 is 17.5 Å². The van der Waals surface area contributed by atoms with Crippen LogP contribution in [0, 0.1) is 6.92 Å². The second-order valence-electron chi connectivity index (χ2n) is 6.42. The van der Waals surface area contributed by atoms with Crippen LogP contribution in [0.4, 0.5) is 5.69 Å². The molecule has 0 aliphatic carbocycles. The van der Waals surface area contributed by atoms with Gasteiger partial charge in [-0.2, -0.15) is 0 Å². The van der Waals surface area contributed by atoms with Crippen molar-refractivity contribution in [2.75, 3.05) is 31.6 Å². The number of nitrogens with zero attached hydrogens (tertiary/aromatic N) is 1. The smallest absolute Gasteiger partial charge is 0.254 e. The number of aryl methyl sites for hydroxylation is 1. The maximum Gasteiger partial charge on any atom is 0.254 e. The van der Waals surface area contributed by atoms with E-state index < -0.39 is 0 Å². The monoisotopic (exact) mass is 352 g/mol. The maximum absolute atomic E-state index is 12.7. The van der Waals surface area contributed by atoms with Gasteiger partial charge in [-0.05, 0) is 36.6 Å². The number of carbonyl (C=O) groups is 2. The van der Waals surface area contributed by atoms with E-state index in [0.29, 0.717) is 50.4 Å². The zero-order chi connectivity index (χ0) is 18.4. The number of carbonyl (C=O) groups excluding carboxylic acids is 2. The van der Waals surface area contributed by atoms with Gasteiger partial charge in [0.25, 0.3) is 5.91 Å². The molecule has 1 aliphatic rings. The summed E-state index contributed by atoms with van der Waals surface area (Å²) in [5, 5.41) is 2.94. The Hall–Kier alpha value is -2.66. The average Bonchev–Trinajstić information content (AvgIpc) is 2.69. The molecular weight excluding hydrogens is 328 g/mol. The first-order valence-electron chi connectivity index (χ1n) is 8.95. The summed E-state index contributed by atoms with van der Waals surface area (Å²) in [5.41, 5.74) is 3.27. The van der Waals surface area contributed by atoms with Crippen molar-refractivity contribution < 1.29 is 14.3 Å². The second-order valence-corrected chi connectivity index (χ2v) is 6.42. The van der Waals surface area contributed by atoms with E-state index in [2.05, 4.69) is 5.32 Å². The minimum absolute atomic E-state index is 0.00816. The molecule has 0 saturated carbocycles. The molecule has 0 unspecified atom stereocenters. The molecule has 0 atom stereocenters. The Morgan fingerprint density at radius 3 is 2.50 bits per heavy atom. The molecule has 26 heavy (non-hydrogen) atoms. The molecule has 2 aromatic rings. The first-order chi connectivity index (χ1) is 12.6. The van der Waals surface area contributed by atoms with E-state index in [1.807, 2.05) is 55.5 Å². The lowest BCUT2D eigenvalue weighted by Crippen LogP contribution is -2.41. The van der Waals surface area contributed by atoms with Gasteiger partial charge in [0.1, 0.15) is 0 Å². The summed E-state index contributed by atoms with van der Waals surface area (Å²) < 4.78 is 5.30. The first-order valence-corrected chi connectivity index (χ1v) is 8.95. The van der Waals surface area contributed by atoms with Crippen LogP contribution in [0.2, 0.25) is 0 Å². The van der Waals surface area contributed by atoms with Crippen LogP contribution in [0.5, 0.6) is 0 Å². The zero-order valence-electron chi connectivity index (χ0n) is 15.0. The van der Waals surface area contributed by atoms with Gasteiger partial charge in [0, 0.05) is 30.8 Å². The van der Waals surface area contributed by atoms with E-state index >= 15 is 0 Å². The van der Waals surface area contributed by atoms with Gasteiger partial charge < -0.3 is 15.0 Å². The molecule has 5 nitrogen and oxygen atoms in total. The molecule has 0 bridgehead atoms. The van der Waals surface area contributed by atoms with Crippen molar-refractivity contribution in [3.05, 3.63) is 65.2 Å². The van der Waals surface area contributed by atoms with Crippen molar-refractivity contribution in [2.45, 2.75) is 19.8 Å². The Bertz CT molecular complexity index is 768. The minimum atomic E-state index is -0.0482. The summed E-state index contributed by atoms with van der Waals surface area (Å²) in [4.78, 5) is 26.8. The molecule has 2 aromatic carbocycles. The lowest BCUT2D eigenvalue weighted by atomic mass is 10.0. The van der Waals surface area contributed by atoms with E-state index in [1.54, 1.807) is 4.90 Å². The number of anilines is 1. The zero-order valence-corrected chi connectivity index (χ0v) is 15.0. The van der Waals surface area contributed by atoms with Gasteiger partial charge in [-0.1, -0.05) is 36.4 Å². The highest BCUT2D eigenvalue weighted by molar-refractivity contribution is 5.99. The molecule has 1 aliphatic heterocycles. The lowest BCUT2D eigenvalue weighted by Gasteiger charge is -2.27. The highest BCUT2D eigenvalue weighted by atomic mass is 16.5. The number of morpholine rings is 1. The SMILES string of the molecule is Cc1c(NC(=O)CCc2ccccc2)cccc1C(=O)N1CCOCC1. The van der Waals surface area contributed by atoms with Crippen molar-refractivity contribution in [3.63, 3.8) is 0 Å². The fourth-order valence-electron chi connectivity index (χ4n) is 3.05. The Morgan fingerprint density at radius 2 is 1.77 bits per heavy atom. The molecule has 0 aromatic heterocycles. The van der Waals surface area contributed by atoms with Crippen molar-refractivity contribution in [2.24, 2.45) is 0 Å². The van der Waals surface area contributed by atoms with Gasteiger partial charge in [-0.15, -0.1) is 0 Å². The third-order valence-corrected chi connectivity index (χ3v) is 4.62. The molecule has 1 saturated heterocycles. The van der Waals surface area contributed by atoms with E-state index in [0.717, 1.165) is 11.1 Å². The molecular formula is C21H24N2O3. The number of hydrogen-bond acceptors (Lipinski definition) is 3. The largest absolute Gasteiger partial charge is 0.378 e. The summed E-state index contributed by atoms with van der Waals surface area (Å²) in [6.45, 7) is 4.22. The molecule has 2 amide bonds. The Labute approximate surface area is 154 Å². The fourth-order valence-corrected chi connectivity index (χ4v) is 3.05. The quantitative estimate of drug-likeness (QED) is 0.900. The normalized spacial score (nSPS) is 14.1. The van der Waals surface area contributed by atoms with Gasteiger partial charge in [-0.3, -0.25) is 9.59 Å². The second kappa shape index (κ2) is 8.63. The topological polar surface area (TPSA) is 58.6 Å². The summed E-state index contributed by atoms with van der Waals surface area (Å²) >= 11 is 0. The van der Waals surface area contributed by atoms with E-state index in [9.17, 15) is 9.59 Å². The van der Waals surface area contributed by atoms with Gasteiger partial charge in [0.15, 0.2) is 0 Å². The van der Waals surface area contributed by atoms with Gasteiger partial charge in [-0.25, -0.2) is 0 Å². The number of rotatable bonds is 5. The Kier molecular flexibility index (Phi) is 6.02. The summed E-state index contributed by atoms with van der Waals surface area (Å²) in [7, 11) is 0. The molecule has 1 heterocycles. The predicted octanol–water partition coefficient (Wildman–Crippen LogP) is 3.04. The number of ether oxygens (including phenoxy) is 1. The Balaban J connectivity index is 1.64. The molecule has 0 radical (unpaired) electrons. The van der Waals surface area contributed by atoms with E-state index in [-0.39, 0.29) is 11.8 Å². The van der Waals surface area contributed by atoms with Crippen molar-refractivity contribution in [1.82, 2.24) is 4.90 Å². The highest BCUT2D eigenvalue weighted by Crippen LogP contribution is 2.21. The standard InChI is InChI=1S/C21H24N2O3/c1-16-18(21(25)23-12-14-26-15-13-23)8-5-9-19(16)22-20(24)11-10-17-6-3-2-4-7-17/h2-9H,10-15H2,1H3,(H,22,24). The third-order valence-electron chi connectivity index (χ3n) is 4.62. The van der Waals surface area contributed by atoms with Crippen LogP contribution in [-0.2, 0) is 16.0 Å². The predicted molar refractivity (Wildman–Crippen MR) is 101 cm³/mol. The van der Waals surface area contributed by atoms with Gasteiger partial charge >= 0.3 is 0 Å². The van der Waals surface area contributed by atoms with Crippen LogP contribution < -0.4 is 5.32 Å². The molecule has 136 valence electrons. The van der Waals surface area contributed by atoms with Crippen LogP contribution in [0.1, 0.15) is 27.9 Å². The van der Waals surface area contributed by atoms with Crippen LogP contribution in [0.3, 0.4) is 0 Å². The highest BCUT2D eigenvalue weighted by Gasteiger charge is 2.21. The third kappa shape index (κ3) is 4.49. The number of nitrogens with one attached hydrogen (secondary N) is 1. The first kappa shape index (κ1) is 18.1. The lowest BCUT2D eigenvalue weighted by molar-refractivity contribution is -0.116. The van der Waals surface area contributed by atoms with Crippen LogP contribution in [-0.4, -0.2) is 43.0 Å². The fraction of sp³-hybridized carbons (Fsp3) is 0.333. The van der Waals surface area contributed by atoms with Crippen LogP contribution in [0.15, 0.2) is 48.5 Å². The maximum atomic E-state index is 12.7. The minimum Gasteiger partial charge on any atom is -0.378 e. The summed E-state index contributed by atoms with van der Waals surface area (Å²) in [5.74, 6) is -0.0564. The molecule has 3 rings (SSSR count). The number of hydrogen-bond donors (Lipinski definition) is 1. The van der Waals surface area contributed by atoms with Crippen LogP contribution in [0.25, 0.3) is 0 Å². The average molecular weight is 352 g/mol. The molecule has 5 heteroatoms. The molecule has 0 spiro atoms. The Morgan fingerprint density at radius 1 is 1.04 bits per heavy atom. The summed E-state index contributed by atoms with van der Waals surface area (Å²) in [6, 6.07) is 15.4. The van der Waals surface area contributed by atoms with E-state index in [4.69, 9.17) is 4.74 Å². The number of amides is 2. The molecule has 1 N–H and O–H groups in total. The van der Waals surface area contributed by atoms with Gasteiger partial charge in [0.2, 0.25) is 5.91 Å². The summed E-state index contributed by atoms with van der Waals surface area (Å²) in [6.07, 6.45) is 1.10. The molecule has 1 fully saturated rings. The van der Waals surface area contributed by atoms with Crippen molar-refractivity contribution in [1.29, 1.82) is 0 Å². The van der Waals surface area contributed by atoms with Crippen molar-refractivity contribution in [3.8, 4) is 0 Å². The van der Waals surface area contributed by atoms with Gasteiger partial charge in [0.05, 0.1) is 13.2 Å². The van der Waals surface area contributed by atoms with Crippen LogP contribution >= 0.6 is 0 Å². The van der Waals surface area contributed by atoms with E-state index in [1.165, 1.54) is 0 Å².